The van der Waals surface area contributed by atoms with Crippen LogP contribution in [0, 0.1) is 0 Å². The van der Waals surface area contributed by atoms with Crippen molar-refractivity contribution < 1.29 is 9.59 Å². The summed E-state index contributed by atoms with van der Waals surface area (Å²) in [5.74, 6) is -0.201. The van der Waals surface area contributed by atoms with Gasteiger partial charge in [-0.3, -0.25) is 9.59 Å². The molecule has 1 saturated heterocycles. The number of primary amides is 1. The van der Waals surface area contributed by atoms with E-state index >= 15 is 0 Å². The van der Waals surface area contributed by atoms with Crippen molar-refractivity contribution in [1.82, 2.24) is 10.2 Å². The Morgan fingerprint density at radius 3 is 2.73 bits per heavy atom. The molecule has 0 aromatic carbocycles. The van der Waals surface area contributed by atoms with Crippen molar-refractivity contribution in [2.24, 2.45) is 5.73 Å². The fourth-order valence-corrected chi connectivity index (χ4v) is 1.86. The second-order valence-corrected chi connectivity index (χ2v) is 3.98. The third-order valence-electron chi connectivity index (χ3n) is 2.74. The van der Waals surface area contributed by atoms with Crippen molar-refractivity contribution in [2.45, 2.75) is 32.2 Å². The van der Waals surface area contributed by atoms with Gasteiger partial charge in [-0.15, -0.1) is 0 Å². The molecule has 1 aliphatic rings. The van der Waals surface area contributed by atoms with Crippen LogP contribution in [-0.2, 0) is 9.59 Å². The van der Waals surface area contributed by atoms with Gasteiger partial charge < -0.3 is 16.0 Å². The van der Waals surface area contributed by atoms with E-state index in [1.54, 1.807) is 6.92 Å². The third-order valence-corrected chi connectivity index (χ3v) is 2.74. The number of nitrogens with two attached hydrogens (primary N) is 1. The lowest BCUT2D eigenvalue weighted by molar-refractivity contribution is -0.128. The molecule has 3 N–H and O–H groups in total. The molecule has 0 radical (unpaired) electrons. The van der Waals surface area contributed by atoms with Crippen molar-refractivity contribution in [3.05, 3.63) is 0 Å². The molecular weight excluding hydrogens is 194 g/mol. The Kier molecular flexibility index (Phi) is 4.55. The van der Waals surface area contributed by atoms with E-state index < -0.39 is 0 Å². The molecule has 5 nitrogen and oxygen atoms in total. The average Bonchev–Trinajstić information content (AvgIpc) is 2.39. The van der Waals surface area contributed by atoms with Gasteiger partial charge in [0.2, 0.25) is 11.8 Å². The molecule has 0 aromatic rings. The van der Waals surface area contributed by atoms with Crippen LogP contribution >= 0.6 is 0 Å². The summed E-state index contributed by atoms with van der Waals surface area (Å²) in [4.78, 5) is 23.6. The van der Waals surface area contributed by atoms with Gasteiger partial charge in [0.05, 0.1) is 6.54 Å². The summed E-state index contributed by atoms with van der Waals surface area (Å²) in [6, 6.07) is 0.307. The molecule has 1 rings (SSSR count). The van der Waals surface area contributed by atoms with Gasteiger partial charge in [-0.25, -0.2) is 0 Å². The molecule has 1 heterocycles. The van der Waals surface area contributed by atoms with E-state index in [4.69, 9.17) is 5.73 Å². The maximum atomic E-state index is 11.2. The highest BCUT2D eigenvalue weighted by molar-refractivity contribution is 5.76. The van der Waals surface area contributed by atoms with Crippen molar-refractivity contribution in [2.75, 3.05) is 19.6 Å². The molecule has 0 aromatic heterocycles. The lowest BCUT2D eigenvalue weighted by Gasteiger charge is -2.18. The molecule has 1 atom stereocenters. The van der Waals surface area contributed by atoms with Crippen molar-refractivity contribution in [3.8, 4) is 0 Å². The van der Waals surface area contributed by atoms with E-state index in [0.717, 1.165) is 32.4 Å². The number of amides is 2. The first-order valence-corrected chi connectivity index (χ1v) is 5.37. The topological polar surface area (TPSA) is 75.4 Å². The van der Waals surface area contributed by atoms with Crippen LogP contribution in [0.15, 0.2) is 0 Å². The van der Waals surface area contributed by atoms with Crippen LogP contribution in [0.1, 0.15) is 26.2 Å². The van der Waals surface area contributed by atoms with Crippen LogP contribution in [0.5, 0.6) is 0 Å². The highest BCUT2D eigenvalue weighted by Crippen LogP contribution is 2.10. The molecule has 86 valence electrons. The SMILES string of the molecule is CC(=O)N1CCCC(NCC(N)=O)CC1. The molecular formula is C10H19N3O2. The molecule has 5 heteroatoms. The smallest absolute Gasteiger partial charge is 0.231 e. The van der Waals surface area contributed by atoms with Gasteiger partial charge in [0, 0.05) is 26.1 Å². The van der Waals surface area contributed by atoms with Gasteiger partial charge in [0.1, 0.15) is 0 Å². The first kappa shape index (κ1) is 12.0. The summed E-state index contributed by atoms with van der Waals surface area (Å²) < 4.78 is 0. The molecule has 1 fully saturated rings. The Bertz CT molecular complexity index is 243. The Balaban J connectivity index is 2.32. The molecule has 0 bridgehead atoms. The van der Waals surface area contributed by atoms with Gasteiger partial charge in [0.25, 0.3) is 0 Å². The standard InChI is InChI=1S/C10H19N3O2/c1-8(14)13-5-2-3-9(4-6-13)12-7-10(11)15/h9,12H,2-7H2,1H3,(H2,11,15). The summed E-state index contributed by atoms with van der Waals surface area (Å²) in [5, 5.41) is 3.11. The van der Waals surface area contributed by atoms with E-state index in [9.17, 15) is 9.59 Å². The van der Waals surface area contributed by atoms with E-state index in [0.29, 0.717) is 6.04 Å². The van der Waals surface area contributed by atoms with Gasteiger partial charge in [-0.05, 0) is 19.3 Å². The molecule has 15 heavy (non-hydrogen) atoms. The van der Waals surface area contributed by atoms with Crippen LogP contribution < -0.4 is 11.1 Å². The predicted molar refractivity (Wildman–Crippen MR) is 57.1 cm³/mol. The lowest BCUT2D eigenvalue weighted by Crippen LogP contribution is -2.37. The Labute approximate surface area is 90.0 Å². The van der Waals surface area contributed by atoms with Crippen LogP contribution in [0.25, 0.3) is 0 Å². The third kappa shape index (κ3) is 4.29. The van der Waals surface area contributed by atoms with Gasteiger partial charge in [-0.1, -0.05) is 0 Å². The number of carbonyl (C=O) groups is 2. The van der Waals surface area contributed by atoms with E-state index in [2.05, 4.69) is 5.32 Å². The van der Waals surface area contributed by atoms with E-state index in [-0.39, 0.29) is 18.4 Å². The minimum atomic E-state index is -0.331. The largest absolute Gasteiger partial charge is 0.369 e. The first-order valence-electron chi connectivity index (χ1n) is 5.37. The second-order valence-electron chi connectivity index (χ2n) is 3.98. The number of likely N-dealkylation sites (tertiary alicyclic amines) is 1. The summed E-state index contributed by atoms with van der Waals surface area (Å²) >= 11 is 0. The van der Waals surface area contributed by atoms with Crippen LogP contribution in [-0.4, -0.2) is 42.4 Å². The summed E-state index contributed by atoms with van der Waals surface area (Å²) in [6.45, 7) is 3.41. The van der Waals surface area contributed by atoms with Crippen molar-refractivity contribution in [3.63, 3.8) is 0 Å². The van der Waals surface area contributed by atoms with E-state index in [1.807, 2.05) is 4.90 Å². The lowest BCUT2D eigenvalue weighted by atomic mass is 10.1. The zero-order valence-electron chi connectivity index (χ0n) is 9.16. The molecule has 0 saturated carbocycles. The summed E-state index contributed by atoms with van der Waals surface area (Å²) in [7, 11) is 0. The monoisotopic (exact) mass is 213 g/mol. The minimum absolute atomic E-state index is 0.130. The maximum absolute atomic E-state index is 11.2. The zero-order valence-corrected chi connectivity index (χ0v) is 9.16. The number of nitrogens with zero attached hydrogens (tertiary/aromatic N) is 1. The molecule has 1 aliphatic heterocycles. The predicted octanol–water partition coefficient (Wildman–Crippen LogP) is -0.538. The zero-order chi connectivity index (χ0) is 11.3. The quantitative estimate of drug-likeness (QED) is 0.661. The summed E-state index contributed by atoms with van der Waals surface area (Å²) in [6.07, 6.45) is 2.87. The average molecular weight is 213 g/mol. The number of hydrogen-bond donors (Lipinski definition) is 2. The molecule has 1 unspecified atom stereocenters. The van der Waals surface area contributed by atoms with Crippen LogP contribution in [0.4, 0.5) is 0 Å². The van der Waals surface area contributed by atoms with Crippen LogP contribution in [0.2, 0.25) is 0 Å². The Morgan fingerprint density at radius 1 is 1.40 bits per heavy atom. The van der Waals surface area contributed by atoms with Gasteiger partial charge in [0.15, 0.2) is 0 Å². The van der Waals surface area contributed by atoms with E-state index in [1.165, 1.54) is 0 Å². The van der Waals surface area contributed by atoms with Crippen molar-refractivity contribution in [1.29, 1.82) is 0 Å². The normalized spacial score (nSPS) is 22.2. The van der Waals surface area contributed by atoms with Crippen molar-refractivity contribution >= 4 is 11.8 Å². The summed E-state index contributed by atoms with van der Waals surface area (Å²) in [5.41, 5.74) is 5.06. The Hall–Kier alpha value is -1.10. The molecule has 0 aliphatic carbocycles. The number of carbonyl (C=O) groups excluding carboxylic acids is 2. The van der Waals surface area contributed by atoms with Crippen LogP contribution in [0.3, 0.4) is 0 Å². The highest BCUT2D eigenvalue weighted by atomic mass is 16.2. The molecule has 2 amide bonds. The minimum Gasteiger partial charge on any atom is -0.369 e. The Morgan fingerprint density at radius 2 is 2.13 bits per heavy atom. The number of rotatable bonds is 3. The number of hydrogen-bond acceptors (Lipinski definition) is 3. The number of nitrogens with one attached hydrogen (secondary N) is 1. The fraction of sp³-hybridized carbons (Fsp3) is 0.800. The maximum Gasteiger partial charge on any atom is 0.231 e. The first-order chi connectivity index (χ1) is 7.09. The van der Waals surface area contributed by atoms with Gasteiger partial charge >= 0.3 is 0 Å². The highest BCUT2D eigenvalue weighted by Gasteiger charge is 2.18. The van der Waals surface area contributed by atoms with Gasteiger partial charge in [-0.2, -0.15) is 0 Å². The molecule has 0 spiro atoms. The second kappa shape index (κ2) is 5.70. The fourth-order valence-electron chi connectivity index (χ4n) is 1.86.